The third kappa shape index (κ3) is 4.74. The monoisotopic (exact) mass is 290 g/mol. The minimum Gasteiger partial charge on any atom is -0.386 e. The van der Waals surface area contributed by atoms with E-state index < -0.39 is 15.7 Å². The molecule has 1 aliphatic carbocycles. The van der Waals surface area contributed by atoms with Crippen molar-refractivity contribution < 1.29 is 8.42 Å². The molecule has 0 aromatic rings. The number of nitrogens with one attached hydrogen (secondary N) is 3. The van der Waals surface area contributed by atoms with Gasteiger partial charge in [-0.15, -0.1) is 0 Å². The van der Waals surface area contributed by atoms with Gasteiger partial charge in [0.05, 0.1) is 5.54 Å². The molecular formula is C12H26N4O2S. The average molecular weight is 290 g/mol. The molecule has 0 aromatic heterocycles. The smallest absolute Gasteiger partial charge is 0.277 e. The number of hydrogen-bond acceptors (Lipinski definition) is 3. The fourth-order valence-corrected chi connectivity index (χ4v) is 3.70. The first-order valence-corrected chi connectivity index (χ1v) is 8.28. The van der Waals surface area contributed by atoms with Crippen LogP contribution in [0.15, 0.2) is 0 Å². The Kier molecular flexibility index (Phi) is 5.34. The number of hydrogen-bond donors (Lipinski definition) is 4. The fraction of sp³-hybridized carbons (Fsp3) is 0.917. The van der Waals surface area contributed by atoms with Crippen LogP contribution in [0.2, 0.25) is 0 Å². The quantitative estimate of drug-likeness (QED) is 0.432. The van der Waals surface area contributed by atoms with Gasteiger partial charge in [-0.1, -0.05) is 20.8 Å². The van der Waals surface area contributed by atoms with Gasteiger partial charge >= 0.3 is 0 Å². The Hall–Kier alpha value is -0.660. The fourth-order valence-electron chi connectivity index (χ4n) is 2.25. The summed E-state index contributed by atoms with van der Waals surface area (Å²) < 4.78 is 29.1. The van der Waals surface area contributed by atoms with Crippen molar-refractivity contribution in [2.24, 2.45) is 17.6 Å². The zero-order chi connectivity index (χ0) is 14.7. The van der Waals surface area contributed by atoms with Gasteiger partial charge in [0.25, 0.3) is 10.2 Å². The first-order valence-electron chi connectivity index (χ1n) is 6.80. The molecule has 1 rings (SSSR count). The second kappa shape index (κ2) is 6.19. The highest BCUT2D eigenvalue weighted by Crippen LogP contribution is 2.32. The Morgan fingerprint density at radius 3 is 2.37 bits per heavy atom. The van der Waals surface area contributed by atoms with E-state index in [9.17, 15) is 8.42 Å². The molecule has 112 valence electrons. The van der Waals surface area contributed by atoms with Gasteiger partial charge in [-0.2, -0.15) is 13.1 Å². The summed E-state index contributed by atoms with van der Waals surface area (Å²) in [6.07, 6.45) is 2.94. The molecule has 1 aliphatic rings. The Labute approximate surface area is 116 Å². The topological polar surface area (TPSA) is 108 Å². The molecule has 0 heterocycles. The summed E-state index contributed by atoms with van der Waals surface area (Å²) in [5, 5.41) is 7.72. The maximum Gasteiger partial charge on any atom is 0.277 e. The molecule has 1 saturated carbocycles. The third-order valence-electron chi connectivity index (χ3n) is 3.65. The average Bonchev–Trinajstić information content (AvgIpc) is 2.29. The van der Waals surface area contributed by atoms with Crippen molar-refractivity contribution in [3.05, 3.63) is 0 Å². The van der Waals surface area contributed by atoms with Crippen molar-refractivity contribution in [2.75, 3.05) is 6.54 Å². The van der Waals surface area contributed by atoms with Crippen LogP contribution in [0.3, 0.4) is 0 Å². The van der Waals surface area contributed by atoms with Crippen molar-refractivity contribution in [3.63, 3.8) is 0 Å². The second-order valence-corrected chi connectivity index (χ2v) is 7.53. The number of amidine groups is 1. The molecule has 0 saturated heterocycles. The molecule has 0 unspecified atom stereocenters. The van der Waals surface area contributed by atoms with Gasteiger partial charge in [0.2, 0.25) is 0 Å². The van der Waals surface area contributed by atoms with Gasteiger partial charge in [0, 0.05) is 6.54 Å². The Morgan fingerprint density at radius 1 is 1.42 bits per heavy atom. The van der Waals surface area contributed by atoms with Gasteiger partial charge < -0.3 is 5.73 Å². The van der Waals surface area contributed by atoms with E-state index in [1.54, 1.807) is 0 Å². The lowest BCUT2D eigenvalue weighted by atomic mass is 9.77. The van der Waals surface area contributed by atoms with Crippen LogP contribution in [-0.4, -0.2) is 26.3 Å². The Balaban J connectivity index is 2.76. The highest BCUT2D eigenvalue weighted by molar-refractivity contribution is 7.87. The van der Waals surface area contributed by atoms with Gasteiger partial charge in [-0.05, 0) is 37.5 Å². The van der Waals surface area contributed by atoms with Crippen molar-refractivity contribution in [3.8, 4) is 0 Å². The molecule has 1 fully saturated rings. The van der Waals surface area contributed by atoms with Crippen LogP contribution in [-0.2, 0) is 10.2 Å². The summed E-state index contributed by atoms with van der Waals surface area (Å²) in [7, 11) is -3.62. The van der Waals surface area contributed by atoms with E-state index in [4.69, 9.17) is 11.1 Å². The van der Waals surface area contributed by atoms with Crippen LogP contribution < -0.4 is 15.2 Å². The molecule has 0 spiro atoms. The van der Waals surface area contributed by atoms with E-state index in [1.165, 1.54) is 0 Å². The summed E-state index contributed by atoms with van der Waals surface area (Å²) in [6.45, 7) is 6.38. The zero-order valence-corrected chi connectivity index (χ0v) is 12.8. The van der Waals surface area contributed by atoms with Gasteiger partial charge in [-0.3, -0.25) is 5.41 Å². The van der Waals surface area contributed by atoms with Crippen LogP contribution in [0.4, 0.5) is 0 Å². The first-order chi connectivity index (χ1) is 8.67. The molecule has 19 heavy (non-hydrogen) atoms. The molecular weight excluding hydrogens is 264 g/mol. The highest BCUT2D eigenvalue weighted by Gasteiger charge is 2.40. The van der Waals surface area contributed by atoms with Crippen LogP contribution in [0.1, 0.15) is 46.5 Å². The standard InChI is InChI=1S/C12H26N4O2S/c1-9(2)8-15-19(17,18)16-12(11(13)14)6-4-10(3)5-7-12/h9-10,15-16H,4-8H2,1-3H3,(H3,13,14). The van der Waals surface area contributed by atoms with Crippen LogP contribution in [0, 0.1) is 17.2 Å². The van der Waals surface area contributed by atoms with E-state index in [0.29, 0.717) is 25.3 Å². The molecule has 0 amide bonds. The van der Waals surface area contributed by atoms with E-state index in [-0.39, 0.29) is 11.8 Å². The predicted molar refractivity (Wildman–Crippen MR) is 77.2 cm³/mol. The van der Waals surface area contributed by atoms with E-state index in [1.807, 2.05) is 13.8 Å². The van der Waals surface area contributed by atoms with E-state index >= 15 is 0 Å². The third-order valence-corrected chi connectivity index (χ3v) is 4.86. The van der Waals surface area contributed by atoms with Gasteiger partial charge in [0.15, 0.2) is 0 Å². The van der Waals surface area contributed by atoms with Crippen molar-refractivity contribution in [2.45, 2.75) is 52.0 Å². The van der Waals surface area contributed by atoms with Crippen LogP contribution in [0.25, 0.3) is 0 Å². The van der Waals surface area contributed by atoms with Crippen molar-refractivity contribution in [1.29, 1.82) is 5.41 Å². The zero-order valence-electron chi connectivity index (χ0n) is 12.0. The Morgan fingerprint density at radius 2 is 1.95 bits per heavy atom. The molecule has 0 atom stereocenters. The van der Waals surface area contributed by atoms with E-state index in [2.05, 4.69) is 16.4 Å². The van der Waals surface area contributed by atoms with Crippen molar-refractivity contribution in [1.82, 2.24) is 9.44 Å². The summed E-state index contributed by atoms with van der Waals surface area (Å²) >= 11 is 0. The molecule has 0 aromatic carbocycles. The normalized spacial score (nSPS) is 28.5. The van der Waals surface area contributed by atoms with Crippen LogP contribution >= 0.6 is 0 Å². The van der Waals surface area contributed by atoms with Crippen molar-refractivity contribution >= 4 is 16.0 Å². The summed E-state index contributed by atoms with van der Waals surface area (Å²) in [5.74, 6) is 0.700. The molecule has 6 nitrogen and oxygen atoms in total. The van der Waals surface area contributed by atoms with Gasteiger partial charge in [0.1, 0.15) is 5.84 Å². The molecule has 0 bridgehead atoms. The minimum atomic E-state index is -3.62. The predicted octanol–water partition coefficient (Wildman–Crippen LogP) is 0.951. The maximum absolute atomic E-state index is 12.0. The summed E-state index contributed by atoms with van der Waals surface area (Å²) in [6, 6.07) is 0. The lowest BCUT2D eigenvalue weighted by Gasteiger charge is -2.38. The Bertz CT molecular complexity index is 411. The highest BCUT2D eigenvalue weighted by atomic mass is 32.2. The minimum absolute atomic E-state index is 0.0886. The lowest BCUT2D eigenvalue weighted by molar-refractivity contribution is 0.285. The summed E-state index contributed by atoms with van der Waals surface area (Å²) in [4.78, 5) is 0. The first kappa shape index (κ1) is 16.4. The number of nitrogens with two attached hydrogens (primary N) is 1. The maximum atomic E-state index is 12.0. The van der Waals surface area contributed by atoms with Gasteiger partial charge in [-0.25, -0.2) is 4.72 Å². The van der Waals surface area contributed by atoms with Crippen LogP contribution in [0.5, 0.6) is 0 Å². The molecule has 0 radical (unpaired) electrons. The molecule has 5 N–H and O–H groups in total. The largest absolute Gasteiger partial charge is 0.386 e. The van der Waals surface area contributed by atoms with E-state index in [0.717, 1.165) is 12.8 Å². The summed E-state index contributed by atoms with van der Waals surface area (Å²) in [5.41, 5.74) is 4.73. The second-order valence-electron chi connectivity index (χ2n) is 6.03. The lowest BCUT2D eigenvalue weighted by Crippen LogP contribution is -2.60. The molecule has 0 aliphatic heterocycles. The SMILES string of the molecule is CC(C)CNS(=O)(=O)NC1(C(=N)N)CCC(C)CC1. The molecule has 7 heteroatoms. The number of rotatable bonds is 6.